The smallest absolute Gasteiger partial charge is 0.264 e. The first-order valence-corrected chi connectivity index (χ1v) is 7.60. The fourth-order valence-corrected chi connectivity index (χ4v) is 3.46. The van der Waals surface area contributed by atoms with Gasteiger partial charge in [-0.15, -0.1) is 0 Å². The molecule has 1 aromatic heterocycles. The molecule has 3 N–H and O–H groups in total. The Bertz CT molecular complexity index is 723. The fraction of sp³-hybridized carbons (Fsp3) is 0. The van der Waals surface area contributed by atoms with E-state index in [1.165, 1.54) is 18.3 Å². The maximum atomic E-state index is 12.2. The van der Waals surface area contributed by atoms with E-state index in [-0.39, 0.29) is 16.0 Å². The van der Waals surface area contributed by atoms with Crippen LogP contribution in [0.4, 0.5) is 11.5 Å². The van der Waals surface area contributed by atoms with Gasteiger partial charge >= 0.3 is 0 Å². The summed E-state index contributed by atoms with van der Waals surface area (Å²) in [5, 5.41) is -0.0492. The van der Waals surface area contributed by atoms with Gasteiger partial charge in [0.05, 0.1) is 0 Å². The van der Waals surface area contributed by atoms with Gasteiger partial charge in [0.25, 0.3) is 10.0 Å². The van der Waals surface area contributed by atoms with E-state index in [9.17, 15) is 8.42 Å². The molecule has 0 unspecified atom stereocenters. The Kier molecular flexibility index (Phi) is 3.93. The lowest BCUT2D eigenvalue weighted by Gasteiger charge is -2.09. The maximum Gasteiger partial charge on any atom is 0.264 e. The highest BCUT2D eigenvalue weighted by Gasteiger charge is 2.18. The quantitative estimate of drug-likeness (QED) is 0.644. The Morgan fingerprint density at radius 1 is 1.32 bits per heavy atom. The number of aromatic nitrogens is 2. The average molecular weight is 364 g/mol. The molecule has 1 heterocycles. The fourth-order valence-electron chi connectivity index (χ4n) is 1.31. The number of hydrogen-bond acceptors (Lipinski definition) is 5. The van der Waals surface area contributed by atoms with E-state index in [2.05, 4.69) is 30.6 Å². The van der Waals surface area contributed by atoms with Crippen LogP contribution in [-0.2, 0) is 10.0 Å². The van der Waals surface area contributed by atoms with Crippen molar-refractivity contribution in [3.63, 3.8) is 0 Å². The van der Waals surface area contributed by atoms with E-state index >= 15 is 0 Å². The minimum absolute atomic E-state index is 0.0160. The van der Waals surface area contributed by atoms with Gasteiger partial charge in [0.15, 0.2) is 0 Å². The van der Waals surface area contributed by atoms with Crippen LogP contribution in [0.15, 0.2) is 39.8 Å². The SMILES string of the molecule is Nc1ccc(Br)c(S(=O)(=O)Nc2ccnc(Cl)n2)c1. The molecule has 2 rings (SSSR count). The highest BCUT2D eigenvalue weighted by Crippen LogP contribution is 2.25. The molecule has 0 amide bonds. The number of halogens is 2. The first kappa shape index (κ1) is 14.0. The lowest BCUT2D eigenvalue weighted by Crippen LogP contribution is -2.15. The third kappa shape index (κ3) is 3.34. The number of nitrogens with two attached hydrogens (primary N) is 1. The number of hydrogen-bond donors (Lipinski definition) is 2. The molecule has 0 aliphatic carbocycles. The number of nitrogens with one attached hydrogen (secondary N) is 1. The van der Waals surface area contributed by atoms with Gasteiger partial charge in [-0.3, -0.25) is 4.72 Å². The van der Waals surface area contributed by atoms with Crippen molar-refractivity contribution in [1.82, 2.24) is 9.97 Å². The van der Waals surface area contributed by atoms with Crippen LogP contribution < -0.4 is 10.5 Å². The largest absolute Gasteiger partial charge is 0.399 e. The molecule has 6 nitrogen and oxygen atoms in total. The number of rotatable bonds is 3. The lowest BCUT2D eigenvalue weighted by atomic mass is 10.3. The van der Waals surface area contributed by atoms with Gasteiger partial charge in [0.2, 0.25) is 5.28 Å². The van der Waals surface area contributed by atoms with Gasteiger partial charge in [-0.1, -0.05) is 0 Å². The molecule has 0 aliphatic heterocycles. The van der Waals surface area contributed by atoms with Gasteiger partial charge in [-0.05, 0) is 51.8 Å². The molecule has 0 spiro atoms. The van der Waals surface area contributed by atoms with Crippen LogP contribution in [0.3, 0.4) is 0 Å². The number of sulfonamides is 1. The molecule has 0 radical (unpaired) electrons. The van der Waals surface area contributed by atoms with E-state index < -0.39 is 10.0 Å². The molecular weight excluding hydrogens is 356 g/mol. The molecule has 100 valence electrons. The molecular formula is C10H8BrClN4O2S. The predicted octanol–water partition coefficient (Wildman–Crippen LogP) is 2.28. The van der Waals surface area contributed by atoms with Crippen LogP contribution in [0.25, 0.3) is 0 Å². The minimum atomic E-state index is -3.81. The summed E-state index contributed by atoms with van der Waals surface area (Å²) in [5.41, 5.74) is 5.92. The van der Waals surface area contributed by atoms with Gasteiger partial charge in [0.1, 0.15) is 10.7 Å². The molecule has 0 atom stereocenters. The van der Waals surface area contributed by atoms with E-state index in [0.29, 0.717) is 10.2 Å². The van der Waals surface area contributed by atoms with Crippen LogP contribution in [0, 0.1) is 0 Å². The maximum absolute atomic E-state index is 12.2. The third-order valence-corrected chi connectivity index (χ3v) is 4.64. The normalized spacial score (nSPS) is 11.3. The summed E-state index contributed by atoms with van der Waals surface area (Å²) in [5.74, 6) is 0.0781. The van der Waals surface area contributed by atoms with E-state index in [1.54, 1.807) is 12.1 Å². The van der Waals surface area contributed by atoms with Crippen molar-refractivity contribution < 1.29 is 8.42 Å². The molecule has 0 saturated heterocycles. The van der Waals surface area contributed by atoms with Crippen molar-refractivity contribution in [1.29, 1.82) is 0 Å². The van der Waals surface area contributed by atoms with Gasteiger partial charge in [-0.25, -0.2) is 13.4 Å². The molecule has 0 fully saturated rings. The molecule has 9 heteroatoms. The van der Waals surface area contributed by atoms with Gasteiger partial charge in [0, 0.05) is 16.4 Å². The van der Waals surface area contributed by atoms with Crippen LogP contribution >= 0.6 is 27.5 Å². The molecule has 0 saturated carbocycles. The van der Waals surface area contributed by atoms with Crippen molar-refractivity contribution >= 4 is 49.1 Å². The first-order valence-electron chi connectivity index (χ1n) is 4.95. The zero-order chi connectivity index (χ0) is 14.0. The van der Waals surface area contributed by atoms with Crippen LogP contribution in [0.1, 0.15) is 0 Å². The van der Waals surface area contributed by atoms with E-state index in [4.69, 9.17) is 17.3 Å². The summed E-state index contributed by atoms with van der Waals surface area (Å²) in [4.78, 5) is 7.43. The van der Waals surface area contributed by atoms with Gasteiger partial charge in [-0.2, -0.15) is 4.98 Å². The van der Waals surface area contributed by atoms with Crippen molar-refractivity contribution in [2.24, 2.45) is 0 Å². The Morgan fingerprint density at radius 2 is 2.05 bits per heavy atom. The Balaban J connectivity index is 2.40. The summed E-state index contributed by atoms with van der Waals surface area (Å²) >= 11 is 8.75. The second-order valence-corrected chi connectivity index (χ2v) is 6.35. The summed E-state index contributed by atoms with van der Waals surface area (Å²) in [6.07, 6.45) is 1.35. The zero-order valence-electron chi connectivity index (χ0n) is 9.34. The molecule has 1 aromatic carbocycles. The topological polar surface area (TPSA) is 98.0 Å². The van der Waals surface area contributed by atoms with Crippen molar-refractivity contribution in [3.8, 4) is 0 Å². The summed E-state index contributed by atoms with van der Waals surface area (Å²) in [7, 11) is -3.81. The summed E-state index contributed by atoms with van der Waals surface area (Å²) in [6, 6.07) is 5.88. The number of nitrogens with zero attached hydrogens (tertiary/aromatic N) is 2. The predicted molar refractivity (Wildman–Crippen MR) is 76.4 cm³/mol. The highest BCUT2D eigenvalue weighted by molar-refractivity contribution is 9.10. The average Bonchev–Trinajstić information content (AvgIpc) is 2.31. The summed E-state index contributed by atoms with van der Waals surface area (Å²) < 4.78 is 27.1. The second kappa shape index (κ2) is 5.32. The van der Waals surface area contributed by atoms with Crippen molar-refractivity contribution in [2.45, 2.75) is 4.90 Å². The zero-order valence-corrected chi connectivity index (χ0v) is 12.5. The Labute approximate surface area is 123 Å². The second-order valence-electron chi connectivity index (χ2n) is 3.51. The third-order valence-electron chi connectivity index (χ3n) is 2.11. The summed E-state index contributed by atoms with van der Waals surface area (Å²) in [6.45, 7) is 0. The van der Waals surface area contributed by atoms with E-state index in [0.717, 1.165) is 0 Å². The van der Waals surface area contributed by atoms with Crippen LogP contribution in [-0.4, -0.2) is 18.4 Å². The number of anilines is 2. The highest BCUT2D eigenvalue weighted by atomic mass is 79.9. The number of nitrogen functional groups attached to an aromatic ring is 1. The van der Waals surface area contributed by atoms with Crippen molar-refractivity contribution in [3.05, 3.63) is 40.2 Å². The van der Waals surface area contributed by atoms with Crippen LogP contribution in [0.2, 0.25) is 5.28 Å². The van der Waals surface area contributed by atoms with Crippen molar-refractivity contribution in [2.75, 3.05) is 10.5 Å². The van der Waals surface area contributed by atoms with E-state index in [1.807, 2.05) is 0 Å². The lowest BCUT2D eigenvalue weighted by molar-refractivity contribution is 0.600. The Morgan fingerprint density at radius 3 is 2.74 bits per heavy atom. The molecule has 2 aromatic rings. The van der Waals surface area contributed by atoms with Gasteiger partial charge < -0.3 is 5.73 Å². The Hall–Kier alpha value is -1.38. The molecule has 0 aliphatic rings. The molecule has 0 bridgehead atoms. The minimum Gasteiger partial charge on any atom is -0.399 e. The standard InChI is InChI=1S/C10H8BrClN4O2S/c11-7-2-1-6(13)5-8(7)19(17,18)16-9-3-4-14-10(12)15-9/h1-5H,13H2,(H,14,15,16). The first-order chi connectivity index (χ1) is 8.88. The molecule has 19 heavy (non-hydrogen) atoms. The monoisotopic (exact) mass is 362 g/mol. The van der Waals surface area contributed by atoms with Crippen LogP contribution in [0.5, 0.6) is 0 Å². The number of benzene rings is 1.